The van der Waals surface area contributed by atoms with Crippen molar-refractivity contribution < 1.29 is 4.42 Å². The van der Waals surface area contributed by atoms with Crippen molar-refractivity contribution in [2.24, 2.45) is 0 Å². The zero-order valence-corrected chi connectivity index (χ0v) is 7.83. The van der Waals surface area contributed by atoms with E-state index in [1.54, 1.807) is 12.1 Å². The van der Waals surface area contributed by atoms with Crippen LogP contribution in [0.2, 0.25) is 0 Å². The second kappa shape index (κ2) is 4.50. The highest BCUT2D eigenvalue weighted by molar-refractivity contribution is 5.71. The zero-order valence-electron chi connectivity index (χ0n) is 7.83. The summed E-state index contributed by atoms with van der Waals surface area (Å²) in [6.45, 7) is 4.25. The summed E-state index contributed by atoms with van der Waals surface area (Å²) in [4.78, 5) is 13.1. The second-order valence-electron chi connectivity index (χ2n) is 2.72. The van der Waals surface area contributed by atoms with Gasteiger partial charge in [0.2, 0.25) is 0 Å². The normalized spacial score (nSPS) is 9.38. The molecule has 70 valence electrons. The average molecular weight is 179 g/mol. The third-order valence-corrected chi connectivity index (χ3v) is 1.33. The van der Waals surface area contributed by atoms with E-state index in [0.29, 0.717) is 5.58 Å². The Morgan fingerprint density at radius 2 is 1.92 bits per heavy atom. The number of aromatic nitrogens is 1. The lowest BCUT2D eigenvalue weighted by Crippen LogP contribution is -1.92. The Morgan fingerprint density at radius 1 is 1.31 bits per heavy atom. The number of hydrogen-bond acceptors (Lipinski definition) is 2. The summed E-state index contributed by atoms with van der Waals surface area (Å²) in [7, 11) is 0. The maximum Gasteiger partial charge on any atom is 0.417 e. The van der Waals surface area contributed by atoms with E-state index in [2.05, 4.69) is 18.8 Å². The van der Waals surface area contributed by atoms with Crippen molar-refractivity contribution in [1.29, 1.82) is 0 Å². The molecule has 0 aliphatic heterocycles. The molecule has 0 aliphatic carbocycles. The molecule has 0 radical (unpaired) electrons. The van der Waals surface area contributed by atoms with E-state index in [0.717, 1.165) is 5.52 Å². The quantitative estimate of drug-likeness (QED) is 0.675. The van der Waals surface area contributed by atoms with Gasteiger partial charge in [-0.25, -0.2) is 4.79 Å². The minimum atomic E-state index is -0.402. The van der Waals surface area contributed by atoms with Gasteiger partial charge < -0.3 is 4.42 Å². The molecular weight excluding hydrogens is 166 g/mol. The van der Waals surface area contributed by atoms with Crippen molar-refractivity contribution in [2.75, 3.05) is 0 Å². The van der Waals surface area contributed by atoms with Crippen molar-refractivity contribution in [3.63, 3.8) is 0 Å². The number of rotatable bonds is 0. The molecule has 0 bridgehead atoms. The molecule has 0 amide bonds. The molecule has 0 fully saturated rings. The first kappa shape index (κ1) is 9.58. The molecule has 13 heavy (non-hydrogen) atoms. The van der Waals surface area contributed by atoms with E-state index in [1.165, 1.54) is 6.42 Å². The van der Waals surface area contributed by atoms with Crippen LogP contribution in [0.25, 0.3) is 11.1 Å². The van der Waals surface area contributed by atoms with Crippen LogP contribution in [-0.4, -0.2) is 4.98 Å². The van der Waals surface area contributed by atoms with Gasteiger partial charge in [-0.2, -0.15) is 0 Å². The van der Waals surface area contributed by atoms with Crippen LogP contribution in [0, 0.1) is 0 Å². The smallest absolute Gasteiger partial charge is 0.408 e. The zero-order chi connectivity index (χ0) is 9.68. The number of nitrogens with one attached hydrogen (secondary N) is 1. The lowest BCUT2D eigenvalue weighted by atomic mass is 10.3. The molecule has 0 aliphatic rings. The van der Waals surface area contributed by atoms with E-state index in [1.807, 2.05) is 12.1 Å². The molecule has 0 unspecified atom stereocenters. The molecule has 1 heterocycles. The molecule has 0 saturated carbocycles. The van der Waals surface area contributed by atoms with E-state index in [-0.39, 0.29) is 0 Å². The SMILES string of the molecule is CCC.O=c1[nH]c2ccccc2o1. The van der Waals surface area contributed by atoms with Crippen molar-refractivity contribution in [1.82, 2.24) is 4.98 Å². The van der Waals surface area contributed by atoms with E-state index in [4.69, 9.17) is 4.42 Å². The van der Waals surface area contributed by atoms with Crippen molar-refractivity contribution in [3.05, 3.63) is 34.8 Å². The number of benzene rings is 1. The van der Waals surface area contributed by atoms with Gasteiger partial charge >= 0.3 is 5.76 Å². The molecule has 1 aromatic carbocycles. The van der Waals surface area contributed by atoms with Crippen LogP contribution >= 0.6 is 0 Å². The fourth-order valence-corrected chi connectivity index (χ4v) is 0.894. The number of fused-ring (bicyclic) bond motifs is 1. The molecule has 2 aromatic rings. The summed E-state index contributed by atoms with van der Waals surface area (Å²) in [5.41, 5.74) is 1.35. The van der Waals surface area contributed by atoms with E-state index >= 15 is 0 Å². The van der Waals surface area contributed by atoms with Crippen LogP contribution in [0.1, 0.15) is 20.3 Å². The predicted octanol–water partition coefficient (Wildman–Crippen LogP) is 2.54. The van der Waals surface area contributed by atoms with Crippen molar-refractivity contribution >= 4 is 11.1 Å². The van der Waals surface area contributed by atoms with Gasteiger partial charge in [-0.1, -0.05) is 32.4 Å². The Balaban J connectivity index is 0.000000251. The molecule has 3 heteroatoms. The van der Waals surface area contributed by atoms with Gasteiger partial charge in [0.25, 0.3) is 0 Å². The number of oxazole rings is 1. The topological polar surface area (TPSA) is 46.0 Å². The van der Waals surface area contributed by atoms with Gasteiger partial charge in [0.15, 0.2) is 5.58 Å². The third kappa shape index (κ3) is 2.47. The van der Waals surface area contributed by atoms with Crippen LogP contribution in [0.3, 0.4) is 0 Å². The number of H-pyrrole nitrogens is 1. The summed E-state index contributed by atoms with van der Waals surface area (Å²) < 4.78 is 4.76. The largest absolute Gasteiger partial charge is 0.417 e. The van der Waals surface area contributed by atoms with Gasteiger partial charge in [0.1, 0.15) is 0 Å². The number of aromatic amines is 1. The van der Waals surface area contributed by atoms with Crippen LogP contribution < -0.4 is 5.76 Å². The molecule has 1 N–H and O–H groups in total. The van der Waals surface area contributed by atoms with Crippen LogP contribution in [0.4, 0.5) is 0 Å². The van der Waals surface area contributed by atoms with Crippen molar-refractivity contribution in [2.45, 2.75) is 20.3 Å². The Kier molecular flexibility index (Phi) is 3.31. The highest BCUT2D eigenvalue weighted by Gasteiger charge is 1.95. The highest BCUT2D eigenvalue weighted by Crippen LogP contribution is 2.06. The van der Waals surface area contributed by atoms with Gasteiger partial charge in [-0.3, -0.25) is 4.98 Å². The fourth-order valence-electron chi connectivity index (χ4n) is 0.894. The van der Waals surface area contributed by atoms with E-state index < -0.39 is 5.76 Å². The lowest BCUT2D eigenvalue weighted by Gasteiger charge is -1.79. The second-order valence-corrected chi connectivity index (χ2v) is 2.72. The Hall–Kier alpha value is -1.51. The monoisotopic (exact) mass is 179 g/mol. The maximum absolute atomic E-state index is 10.6. The summed E-state index contributed by atoms with van der Waals surface area (Å²) in [5, 5.41) is 0. The highest BCUT2D eigenvalue weighted by atomic mass is 16.4. The Bertz CT molecular complexity index is 378. The lowest BCUT2D eigenvalue weighted by molar-refractivity contribution is 0.555. The minimum absolute atomic E-state index is 0.402. The fraction of sp³-hybridized carbons (Fsp3) is 0.300. The first-order valence-corrected chi connectivity index (χ1v) is 4.35. The first-order chi connectivity index (χ1) is 6.27. The molecule has 3 nitrogen and oxygen atoms in total. The third-order valence-electron chi connectivity index (χ3n) is 1.33. The van der Waals surface area contributed by atoms with Gasteiger partial charge in [-0.05, 0) is 12.1 Å². The Labute approximate surface area is 76.4 Å². The van der Waals surface area contributed by atoms with Gasteiger partial charge in [0.05, 0.1) is 5.52 Å². The maximum atomic E-state index is 10.6. The molecule has 0 atom stereocenters. The Morgan fingerprint density at radius 3 is 2.54 bits per heavy atom. The summed E-state index contributed by atoms with van der Waals surface area (Å²) in [6.07, 6.45) is 1.25. The summed E-state index contributed by atoms with van der Waals surface area (Å²) in [5.74, 6) is -0.402. The minimum Gasteiger partial charge on any atom is -0.408 e. The van der Waals surface area contributed by atoms with Crippen LogP contribution in [-0.2, 0) is 0 Å². The standard InChI is InChI=1S/C7H5NO2.C3H8/c9-7-8-5-3-1-2-4-6(5)10-7;1-3-2/h1-4H,(H,8,9);3H2,1-2H3. The molecule has 0 saturated heterocycles. The average Bonchev–Trinajstić information content (AvgIpc) is 2.45. The van der Waals surface area contributed by atoms with Crippen LogP contribution in [0.5, 0.6) is 0 Å². The molecule has 2 rings (SSSR count). The number of hydrogen-bond donors (Lipinski definition) is 1. The molecular formula is C10H13NO2. The first-order valence-electron chi connectivity index (χ1n) is 4.35. The number of para-hydroxylation sites is 2. The summed E-state index contributed by atoms with van der Waals surface area (Å²) in [6, 6.07) is 7.19. The van der Waals surface area contributed by atoms with Crippen LogP contribution in [0.15, 0.2) is 33.5 Å². The van der Waals surface area contributed by atoms with Gasteiger partial charge in [0, 0.05) is 0 Å². The molecule has 0 spiro atoms. The molecule has 1 aromatic heterocycles. The summed E-state index contributed by atoms with van der Waals surface area (Å²) >= 11 is 0. The van der Waals surface area contributed by atoms with Gasteiger partial charge in [-0.15, -0.1) is 0 Å². The predicted molar refractivity (Wildman–Crippen MR) is 52.8 cm³/mol. The van der Waals surface area contributed by atoms with E-state index in [9.17, 15) is 4.79 Å². The van der Waals surface area contributed by atoms with Crippen molar-refractivity contribution in [3.8, 4) is 0 Å².